The van der Waals surface area contributed by atoms with E-state index in [4.69, 9.17) is 0 Å². The Kier molecular flexibility index (Phi) is 2.93. The van der Waals surface area contributed by atoms with Gasteiger partial charge in [0.25, 0.3) is 0 Å². The Labute approximate surface area is 120 Å². The second-order valence-corrected chi connectivity index (χ2v) is 6.46. The van der Waals surface area contributed by atoms with E-state index in [1.807, 2.05) is 0 Å². The highest BCUT2D eigenvalue weighted by Crippen LogP contribution is 2.34. The van der Waals surface area contributed by atoms with Gasteiger partial charge >= 0.3 is 0 Å². The van der Waals surface area contributed by atoms with Gasteiger partial charge in [-0.25, -0.2) is 0 Å². The minimum Gasteiger partial charge on any atom is -0.335 e. The summed E-state index contributed by atoms with van der Waals surface area (Å²) in [6.45, 7) is 8.95. The minimum absolute atomic E-state index is 0.0563. The molecule has 1 nitrogen and oxygen atoms in total. The average Bonchev–Trinajstić information content (AvgIpc) is 2.78. The van der Waals surface area contributed by atoms with E-state index in [1.54, 1.807) is 0 Å². The van der Waals surface area contributed by atoms with Gasteiger partial charge in [0, 0.05) is 22.1 Å². The number of hydrogen-bond donors (Lipinski definition) is 0. The average molecular weight is 263 g/mol. The van der Waals surface area contributed by atoms with Crippen LogP contribution in [0.2, 0.25) is 0 Å². The molecule has 0 saturated heterocycles. The first-order chi connectivity index (χ1) is 9.47. The molecule has 0 amide bonds. The van der Waals surface area contributed by atoms with Crippen LogP contribution in [0.5, 0.6) is 0 Å². The monoisotopic (exact) mass is 263 g/mol. The van der Waals surface area contributed by atoms with Crippen LogP contribution < -0.4 is 0 Å². The van der Waals surface area contributed by atoms with Crippen LogP contribution in [0.4, 0.5) is 0 Å². The van der Waals surface area contributed by atoms with Gasteiger partial charge in [-0.3, -0.25) is 0 Å². The third-order valence-corrected chi connectivity index (χ3v) is 3.70. The second-order valence-electron chi connectivity index (χ2n) is 6.46. The van der Waals surface area contributed by atoms with Gasteiger partial charge in [0.2, 0.25) is 0 Å². The Bertz CT molecular complexity index is 743. The molecule has 2 aromatic carbocycles. The lowest BCUT2D eigenvalue weighted by atomic mass is 10.1. The zero-order valence-electron chi connectivity index (χ0n) is 12.6. The van der Waals surface area contributed by atoms with E-state index < -0.39 is 0 Å². The van der Waals surface area contributed by atoms with E-state index in [1.165, 1.54) is 27.7 Å². The maximum absolute atomic E-state index is 2.45. The first kappa shape index (κ1) is 13.0. The fourth-order valence-corrected chi connectivity index (χ4v) is 2.86. The molecule has 0 N–H and O–H groups in total. The highest BCUT2D eigenvalue weighted by atomic mass is 15.1. The highest BCUT2D eigenvalue weighted by molar-refractivity contribution is 5.88. The molecule has 0 aliphatic heterocycles. The van der Waals surface area contributed by atoms with Crippen LogP contribution in [0, 0.1) is 6.92 Å². The summed E-state index contributed by atoms with van der Waals surface area (Å²) in [6, 6.07) is 19.6. The number of nitrogens with zero attached hydrogens (tertiary/aromatic N) is 1. The van der Waals surface area contributed by atoms with Crippen molar-refractivity contribution in [2.45, 2.75) is 33.2 Å². The lowest BCUT2D eigenvalue weighted by Crippen LogP contribution is -2.22. The van der Waals surface area contributed by atoms with Gasteiger partial charge in [0.1, 0.15) is 0 Å². The van der Waals surface area contributed by atoms with Crippen molar-refractivity contribution in [1.82, 2.24) is 4.57 Å². The summed E-state index contributed by atoms with van der Waals surface area (Å²) >= 11 is 0. The summed E-state index contributed by atoms with van der Waals surface area (Å²) in [7, 11) is 0. The van der Waals surface area contributed by atoms with E-state index in [9.17, 15) is 0 Å². The Balaban J connectivity index is 2.37. The molecule has 0 atom stereocenters. The Morgan fingerprint density at radius 3 is 2.20 bits per heavy atom. The van der Waals surface area contributed by atoms with Gasteiger partial charge in [-0.05, 0) is 51.0 Å². The number of aromatic nitrogens is 1. The molecule has 0 fully saturated rings. The smallest absolute Gasteiger partial charge is 0.0496 e. The van der Waals surface area contributed by atoms with Gasteiger partial charge < -0.3 is 4.57 Å². The molecule has 102 valence electrons. The summed E-state index contributed by atoms with van der Waals surface area (Å²) in [5.41, 5.74) is 5.24. The zero-order chi connectivity index (χ0) is 14.3. The first-order valence-corrected chi connectivity index (χ1v) is 7.15. The third kappa shape index (κ3) is 2.14. The van der Waals surface area contributed by atoms with E-state index in [-0.39, 0.29) is 5.54 Å². The van der Waals surface area contributed by atoms with Gasteiger partial charge in [0.15, 0.2) is 0 Å². The predicted molar refractivity (Wildman–Crippen MR) is 87.1 cm³/mol. The van der Waals surface area contributed by atoms with Crippen LogP contribution in [-0.2, 0) is 5.54 Å². The van der Waals surface area contributed by atoms with Crippen molar-refractivity contribution in [3.63, 3.8) is 0 Å². The molecule has 0 unspecified atom stereocenters. The van der Waals surface area contributed by atoms with Gasteiger partial charge in [0.05, 0.1) is 0 Å². The van der Waals surface area contributed by atoms with Gasteiger partial charge in [-0.2, -0.15) is 0 Å². The predicted octanol–water partition coefficient (Wildman–Crippen LogP) is 5.37. The Morgan fingerprint density at radius 2 is 1.55 bits per heavy atom. The minimum atomic E-state index is 0.0563. The Hall–Kier alpha value is -2.02. The maximum atomic E-state index is 2.45. The molecule has 1 heterocycles. The summed E-state index contributed by atoms with van der Waals surface area (Å²) in [6.07, 6.45) is 0. The van der Waals surface area contributed by atoms with Crippen molar-refractivity contribution < 1.29 is 0 Å². The fourth-order valence-electron chi connectivity index (χ4n) is 2.86. The highest BCUT2D eigenvalue weighted by Gasteiger charge is 2.20. The summed E-state index contributed by atoms with van der Waals surface area (Å²) < 4.78 is 2.45. The number of aryl methyl sites for hydroxylation is 1. The molecular formula is C19H21N. The van der Waals surface area contributed by atoms with Crippen molar-refractivity contribution in [3.8, 4) is 11.3 Å². The lowest BCUT2D eigenvalue weighted by Gasteiger charge is -2.26. The summed E-state index contributed by atoms with van der Waals surface area (Å²) in [5, 5.41) is 1.31. The third-order valence-electron chi connectivity index (χ3n) is 3.70. The van der Waals surface area contributed by atoms with Crippen LogP contribution in [0.1, 0.15) is 26.3 Å². The van der Waals surface area contributed by atoms with Crippen molar-refractivity contribution >= 4 is 10.9 Å². The molecule has 20 heavy (non-hydrogen) atoms. The van der Waals surface area contributed by atoms with E-state index >= 15 is 0 Å². The molecule has 1 aromatic heterocycles. The lowest BCUT2D eigenvalue weighted by molar-refractivity contribution is 0.415. The molecule has 0 aliphatic rings. The summed E-state index contributed by atoms with van der Waals surface area (Å²) in [5.74, 6) is 0. The van der Waals surface area contributed by atoms with Crippen LogP contribution in [0.15, 0.2) is 54.6 Å². The molecule has 0 radical (unpaired) electrons. The topological polar surface area (TPSA) is 4.93 Å². The maximum Gasteiger partial charge on any atom is 0.0496 e. The van der Waals surface area contributed by atoms with Crippen molar-refractivity contribution in [1.29, 1.82) is 0 Å². The number of rotatable bonds is 1. The quantitative estimate of drug-likeness (QED) is 0.556. The number of fused-ring (bicyclic) bond motifs is 1. The first-order valence-electron chi connectivity index (χ1n) is 7.15. The van der Waals surface area contributed by atoms with E-state index in [0.29, 0.717) is 0 Å². The van der Waals surface area contributed by atoms with Crippen molar-refractivity contribution in [2.75, 3.05) is 0 Å². The Morgan fingerprint density at radius 1 is 0.850 bits per heavy atom. The van der Waals surface area contributed by atoms with Crippen LogP contribution >= 0.6 is 0 Å². The largest absolute Gasteiger partial charge is 0.335 e. The van der Waals surface area contributed by atoms with Crippen LogP contribution in [0.25, 0.3) is 22.2 Å². The molecule has 0 saturated carbocycles. The van der Waals surface area contributed by atoms with Crippen LogP contribution in [-0.4, -0.2) is 4.57 Å². The van der Waals surface area contributed by atoms with Crippen molar-refractivity contribution in [3.05, 3.63) is 60.2 Å². The molecular weight excluding hydrogens is 242 g/mol. The molecule has 0 bridgehead atoms. The second kappa shape index (κ2) is 4.52. The molecule has 0 aliphatic carbocycles. The normalized spacial score (nSPS) is 12.0. The van der Waals surface area contributed by atoms with Crippen LogP contribution in [0.3, 0.4) is 0 Å². The fraction of sp³-hybridized carbons (Fsp3) is 0.263. The number of hydrogen-bond acceptors (Lipinski definition) is 0. The van der Waals surface area contributed by atoms with E-state index in [2.05, 4.69) is 86.9 Å². The molecule has 3 rings (SSSR count). The SMILES string of the molecule is Cc1ccc2cc(-c3ccccc3)n(C(C)(C)C)c2c1. The summed E-state index contributed by atoms with van der Waals surface area (Å²) in [4.78, 5) is 0. The van der Waals surface area contributed by atoms with Crippen molar-refractivity contribution in [2.24, 2.45) is 0 Å². The molecule has 0 spiro atoms. The van der Waals surface area contributed by atoms with Gasteiger partial charge in [-0.1, -0.05) is 42.5 Å². The molecule has 1 heteroatoms. The number of benzene rings is 2. The van der Waals surface area contributed by atoms with Gasteiger partial charge in [-0.15, -0.1) is 0 Å². The zero-order valence-corrected chi connectivity index (χ0v) is 12.6. The van der Waals surface area contributed by atoms with E-state index in [0.717, 1.165) is 0 Å². The standard InChI is InChI=1S/C19H21N/c1-14-10-11-16-13-18(15-8-6-5-7-9-15)20(17(16)12-14)19(2,3)4/h5-13H,1-4H3. The molecule has 3 aromatic rings.